The number of anilines is 1. The van der Waals surface area contributed by atoms with Gasteiger partial charge in [0.15, 0.2) is 0 Å². The molecule has 0 saturated carbocycles. The molecule has 0 fully saturated rings. The second-order valence-corrected chi connectivity index (χ2v) is 3.94. The van der Waals surface area contributed by atoms with Crippen LogP contribution in [0.3, 0.4) is 0 Å². The van der Waals surface area contributed by atoms with E-state index in [9.17, 15) is 0 Å². The van der Waals surface area contributed by atoms with E-state index in [-0.39, 0.29) is 0 Å². The Kier molecular flexibility index (Phi) is 5.12. The van der Waals surface area contributed by atoms with Crippen LogP contribution in [0.1, 0.15) is 31.7 Å². The van der Waals surface area contributed by atoms with Gasteiger partial charge in [0.25, 0.3) is 0 Å². The second-order valence-electron chi connectivity index (χ2n) is 3.94. The van der Waals surface area contributed by atoms with Gasteiger partial charge in [0, 0.05) is 18.8 Å². The normalized spacial score (nSPS) is 12.5. The molecule has 1 rings (SSSR count). The first-order chi connectivity index (χ1) is 7.26. The fourth-order valence-electron chi connectivity index (χ4n) is 1.46. The van der Waals surface area contributed by atoms with Gasteiger partial charge in [-0.1, -0.05) is 25.8 Å². The van der Waals surface area contributed by atoms with E-state index in [2.05, 4.69) is 23.3 Å². The summed E-state index contributed by atoms with van der Waals surface area (Å²) in [6, 6.07) is 4.41. The standard InChI is InChI=1S/C12H21N3/c1-3-4-5-11(8-13)15-12-7-6-10(2)9-14-12/h6-7,9,11H,3-5,8,13H2,1-2H3,(H,14,15). The maximum atomic E-state index is 5.70. The Morgan fingerprint density at radius 3 is 2.80 bits per heavy atom. The molecule has 0 radical (unpaired) electrons. The second kappa shape index (κ2) is 6.40. The molecule has 1 heterocycles. The van der Waals surface area contributed by atoms with E-state index in [1.54, 1.807) is 0 Å². The summed E-state index contributed by atoms with van der Waals surface area (Å²) in [6.07, 6.45) is 5.40. The average Bonchev–Trinajstić information content (AvgIpc) is 2.27. The Morgan fingerprint density at radius 2 is 2.27 bits per heavy atom. The Labute approximate surface area is 92.1 Å². The van der Waals surface area contributed by atoms with Crippen molar-refractivity contribution in [3.63, 3.8) is 0 Å². The van der Waals surface area contributed by atoms with Gasteiger partial charge in [0.2, 0.25) is 0 Å². The number of hydrogen-bond acceptors (Lipinski definition) is 3. The Hall–Kier alpha value is -1.09. The fourth-order valence-corrected chi connectivity index (χ4v) is 1.46. The minimum atomic E-state index is 0.347. The first-order valence-electron chi connectivity index (χ1n) is 5.65. The van der Waals surface area contributed by atoms with Gasteiger partial charge in [-0.15, -0.1) is 0 Å². The van der Waals surface area contributed by atoms with Crippen LogP contribution in [0.4, 0.5) is 5.82 Å². The highest BCUT2D eigenvalue weighted by molar-refractivity contribution is 5.36. The molecule has 1 aromatic heterocycles. The van der Waals surface area contributed by atoms with Gasteiger partial charge in [-0.2, -0.15) is 0 Å². The van der Waals surface area contributed by atoms with Crippen molar-refractivity contribution in [1.82, 2.24) is 4.98 Å². The van der Waals surface area contributed by atoms with Crippen LogP contribution in [0.5, 0.6) is 0 Å². The highest BCUT2D eigenvalue weighted by atomic mass is 15.0. The molecule has 3 nitrogen and oxygen atoms in total. The summed E-state index contributed by atoms with van der Waals surface area (Å²) in [7, 11) is 0. The van der Waals surface area contributed by atoms with Crippen molar-refractivity contribution in [2.45, 2.75) is 39.2 Å². The van der Waals surface area contributed by atoms with Crippen LogP contribution < -0.4 is 11.1 Å². The number of nitrogens with two attached hydrogens (primary N) is 1. The van der Waals surface area contributed by atoms with E-state index in [4.69, 9.17) is 5.73 Å². The Morgan fingerprint density at radius 1 is 1.47 bits per heavy atom. The molecular weight excluding hydrogens is 186 g/mol. The zero-order chi connectivity index (χ0) is 11.1. The molecule has 0 aliphatic heterocycles. The fraction of sp³-hybridized carbons (Fsp3) is 0.583. The van der Waals surface area contributed by atoms with Crippen LogP contribution in [-0.4, -0.2) is 17.6 Å². The van der Waals surface area contributed by atoms with Gasteiger partial charge in [-0.05, 0) is 25.0 Å². The van der Waals surface area contributed by atoms with Crippen LogP contribution in [0.15, 0.2) is 18.3 Å². The molecule has 0 aliphatic carbocycles. The highest BCUT2D eigenvalue weighted by Crippen LogP contribution is 2.08. The summed E-state index contributed by atoms with van der Waals surface area (Å²) in [4.78, 5) is 4.31. The van der Waals surface area contributed by atoms with E-state index in [0.717, 1.165) is 12.2 Å². The van der Waals surface area contributed by atoms with E-state index in [1.165, 1.54) is 18.4 Å². The molecule has 0 aromatic carbocycles. The molecule has 0 saturated heterocycles. The number of aryl methyl sites for hydroxylation is 1. The molecule has 0 bridgehead atoms. The summed E-state index contributed by atoms with van der Waals surface area (Å²) in [6.45, 7) is 4.89. The Balaban J connectivity index is 2.47. The smallest absolute Gasteiger partial charge is 0.126 e. The van der Waals surface area contributed by atoms with Crippen molar-refractivity contribution in [2.24, 2.45) is 5.73 Å². The van der Waals surface area contributed by atoms with Crippen molar-refractivity contribution in [3.8, 4) is 0 Å². The summed E-state index contributed by atoms with van der Waals surface area (Å²) >= 11 is 0. The van der Waals surface area contributed by atoms with Crippen LogP contribution in [0.2, 0.25) is 0 Å². The minimum Gasteiger partial charge on any atom is -0.366 e. The number of nitrogens with zero attached hydrogens (tertiary/aromatic N) is 1. The molecule has 84 valence electrons. The van der Waals surface area contributed by atoms with E-state index in [0.29, 0.717) is 12.6 Å². The third-order valence-electron chi connectivity index (χ3n) is 2.45. The molecule has 15 heavy (non-hydrogen) atoms. The molecule has 0 aliphatic rings. The quantitative estimate of drug-likeness (QED) is 0.752. The van der Waals surface area contributed by atoms with E-state index < -0.39 is 0 Å². The summed E-state index contributed by atoms with van der Waals surface area (Å²) in [5, 5.41) is 3.35. The molecule has 1 atom stereocenters. The number of pyridine rings is 1. The van der Waals surface area contributed by atoms with E-state index >= 15 is 0 Å². The maximum absolute atomic E-state index is 5.70. The minimum absolute atomic E-state index is 0.347. The molecule has 3 heteroatoms. The average molecular weight is 207 g/mol. The lowest BCUT2D eigenvalue weighted by Gasteiger charge is -2.16. The van der Waals surface area contributed by atoms with Crippen molar-refractivity contribution >= 4 is 5.82 Å². The van der Waals surface area contributed by atoms with E-state index in [1.807, 2.05) is 19.2 Å². The topological polar surface area (TPSA) is 50.9 Å². The largest absolute Gasteiger partial charge is 0.366 e. The lowest BCUT2D eigenvalue weighted by molar-refractivity contribution is 0.612. The van der Waals surface area contributed by atoms with Gasteiger partial charge < -0.3 is 11.1 Å². The predicted octanol–water partition coefficient (Wildman–Crippen LogP) is 2.32. The number of unbranched alkanes of at least 4 members (excludes halogenated alkanes) is 1. The number of rotatable bonds is 6. The zero-order valence-corrected chi connectivity index (χ0v) is 9.66. The number of aromatic nitrogens is 1. The van der Waals surface area contributed by atoms with Gasteiger partial charge >= 0.3 is 0 Å². The summed E-state index contributed by atoms with van der Waals surface area (Å²) in [5.41, 5.74) is 6.88. The third-order valence-corrected chi connectivity index (χ3v) is 2.45. The number of nitrogens with one attached hydrogen (secondary N) is 1. The first kappa shape index (κ1) is 12.0. The van der Waals surface area contributed by atoms with Crippen molar-refractivity contribution in [3.05, 3.63) is 23.9 Å². The van der Waals surface area contributed by atoms with Crippen LogP contribution >= 0.6 is 0 Å². The Bertz CT molecular complexity index is 269. The van der Waals surface area contributed by atoms with Gasteiger partial charge in [0.05, 0.1) is 0 Å². The molecule has 0 amide bonds. The highest BCUT2D eigenvalue weighted by Gasteiger charge is 2.05. The zero-order valence-electron chi connectivity index (χ0n) is 9.66. The van der Waals surface area contributed by atoms with Crippen LogP contribution in [-0.2, 0) is 0 Å². The molecule has 0 spiro atoms. The van der Waals surface area contributed by atoms with Crippen LogP contribution in [0.25, 0.3) is 0 Å². The summed E-state index contributed by atoms with van der Waals surface area (Å²) < 4.78 is 0. The van der Waals surface area contributed by atoms with Gasteiger partial charge in [0.1, 0.15) is 5.82 Å². The van der Waals surface area contributed by atoms with Crippen molar-refractivity contribution in [1.29, 1.82) is 0 Å². The molecular formula is C12H21N3. The summed E-state index contributed by atoms with van der Waals surface area (Å²) in [5.74, 6) is 0.923. The van der Waals surface area contributed by atoms with Crippen molar-refractivity contribution < 1.29 is 0 Å². The van der Waals surface area contributed by atoms with Gasteiger partial charge in [-0.25, -0.2) is 4.98 Å². The predicted molar refractivity (Wildman–Crippen MR) is 65.0 cm³/mol. The first-order valence-corrected chi connectivity index (χ1v) is 5.65. The molecule has 3 N–H and O–H groups in total. The third kappa shape index (κ3) is 4.30. The lowest BCUT2D eigenvalue weighted by atomic mass is 10.1. The monoisotopic (exact) mass is 207 g/mol. The lowest BCUT2D eigenvalue weighted by Crippen LogP contribution is -2.29. The SMILES string of the molecule is CCCCC(CN)Nc1ccc(C)cn1. The molecule has 1 unspecified atom stereocenters. The van der Waals surface area contributed by atoms with Crippen molar-refractivity contribution in [2.75, 3.05) is 11.9 Å². The molecule has 1 aromatic rings. The van der Waals surface area contributed by atoms with Gasteiger partial charge in [-0.3, -0.25) is 0 Å². The maximum Gasteiger partial charge on any atom is 0.126 e. The van der Waals surface area contributed by atoms with Crippen LogP contribution in [0, 0.1) is 6.92 Å². The number of hydrogen-bond donors (Lipinski definition) is 2.